The van der Waals surface area contributed by atoms with Crippen LogP contribution in [0.2, 0.25) is 0 Å². The standard InChI is InChI=1S/C26H23F3N4O3S2/c1-13-20(24(35)36-4)14(2)30-21(13)22(34)15(3)37-26-32-31-23(16-5-7-17(27)8-6-16)33(26)18-9-11-19(12-10-18)38-25(28)29/h5-12,15,25,30H,1-4H3/t15-/m0/s1. The minimum absolute atomic E-state index is 0.257. The van der Waals surface area contributed by atoms with Crippen molar-refractivity contribution in [3.63, 3.8) is 0 Å². The third-order valence-corrected chi connectivity index (χ3v) is 7.55. The molecule has 0 aliphatic carbocycles. The van der Waals surface area contributed by atoms with Gasteiger partial charge in [0, 0.05) is 21.8 Å². The predicted octanol–water partition coefficient (Wildman–Crippen LogP) is 6.48. The van der Waals surface area contributed by atoms with Crippen molar-refractivity contribution in [2.24, 2.45) is 0 Å². The quantitative estimate of drug-likeness (QED) is 0.142. The average Bonchev–Trinajstić information content (AvgIpc) is 3.43. The lowest BCUT2D eigenvalue weighted by Crippen LogP contribution is -2.16. The number of methoxy groups -OCH3 is 1. The van der Waals surface area contributed by atoms with E-state index in [2.05, 4.69) is 15.2 Å². The normalized spacial score (nSPS) is 12.1. The molecular weight excluding hydrogens is 537 g/mol. The number of carbonyl (C=O) groups is 2. The summed E-state index contributed by atoms with van der Waals surface area (Å²) in [5, 5.41) is 8.29. The fraction of sp³-hybridized carbons (Fsp3) is 0.231. The molecule has 0 saturated heterocycles. The average molecular weight is 561 g/mol. The lowest BCUT2D eigenvalue weighted by Gasteiger charge is -2.14. The summed E-state index contributed by atoms with van der Waals surface area (Å²) >= 11 is 1.57. The van der Waals surface area contributed by atoms with Crippen molar-refractivity contribution in [2.75, 3.05) is 7.11 Å². The van der Waals surface area contributed by atoms with E-state index in [1.807, 2.05) is 0 Å². The number of rotatable bonds is 9. The number of aromatic amines is 1. The molecule has 0 bridgehead atoms. The highest BCUT2D eigenvalue weighted by molar-refractivity contribution is 8.00. The number of nitrogens with one attached hydrogen (secondary N) is 1. The smallest absolute Gasteiger partial charge is 0.339 e. The molecule has 38 heavy (non-hydrogen) atoms. The first-order chi connectivity index (χ1) is 18.1. The van der Waals surface area contributed by atoms with Gasteiger partial charge < -0.3 is 9.72 Å². The van der Waals surface area contributed by atoms with Gasteiger partial charge in [0.1, 0.15) is 5.82 Å². The third-order valence-electron chi connectivity index (χ3n) is 5.78. The number of esters is 1. The zero-order valence-corrected chi connectivity index (χ0v) is 22.4. The molecule has 0 amide bonds. The second-order valence-electron chi connectivity index (χ2n) is 8.26. The Morgan fingerprint density at radius 3 is 2.26 bits per heavy atom. The topological polar surface area (TPSA) is 89.9 Å². The van der Waals surface area contributed by atoms with E-state index in [1.54, 1.807) is 61.7 Å². The summed E-state index contributed by atoms with van der Waals surface area (Å²) in [7, 11) is 1.28. The summed E-state index contributed by atoms with van der Waals surface area (Å²) in [6, 6.07) is 12.1. The van der Waals surface area contributed by atoms with Gasteiger partial charge in [-0.25, -0.2) is 9.18 Å². The molecule has 198 valence electrons. The lowest BCUT2D eigenvalue weighted by molar-refractivity contribution is 0.0599. The second-order valence-corrected chi connectivity index (χ2v) is 10.6. The Bertz CT molecular complexity index is 1470. The minimum atomic E-state index is -2.55. The number of Topliss-reactive ketones (excluding diaryl/α,β-unsaturated/α-hetero) is 1. The van der Waals surface area contributed by atoms with Crippen LogP contribution >= 0.6 is 23.5 Å². The number of ether oxygens (including phenoxy) is 1. The molecule has 0 radical (unpaired) electrons. The van der Waals surface area contributed by atoms with Crippen LogP contribution in [0.15, 0.2) is 58.6 Å². The highest BCUT2D eigenvalue weighted by atomic mass is 32.2. The van der Waals surface area contributed by atoms with Crippen molar-refractivity contribution < 1.29 is 27.5 Å². The van der Waals surface area contributed by atoms with Crippen molar-refractivity contribution in [3.05, 3.63) is 76.9 Å². The molecule has 4 rings (SSSR count). The number of halogens is 3. The van der Waals surface area contributed by atoms with Crippen molar-refractivity contribution in [1.29, 1.82) is 0 Å². The van der Waals surface area contributed by atoms with Crippen LogP contribution in [0.3, 0.4) is 0 Å². The second kappa shape index (κ2) is 11.5. The van der Waals surface area contributed by atoms with Crippen LogP contribution in [0.5, 0.6) is 0 Å². The maximum atomic E-state index is 13.6. The molecule has 2 heterocycles. The number of benzene rings is 2. The maximum Gasteiger partial charge on any atom is 0.339 e. The van der Waals surface area contributed by atoms with Gasteiger partial charge >= 0.3 is 5.97 Å². The maximum absolute atomic E-state index is 13.6. The largest absolute Gasteiger partial charge is 0.465 e. The van der Waals surface area contributed by atoms with Gasteiger partial charge in [-0.2, -0.15) is 8.78 Å². The molecule has 2 aromatic heterocycles. The number of H-pyrrole nitrogens is 1. The van der Waals surface area contributed by atoms with Gasteiger partial charge in [-0.15, -0.1) is 10.2 Å². The number of carbonyl (C=O) groups excluding carboxylic acids is 2. The van der Waals surface area contributed by atoms with E-state index in [9.17, 15) is 22.8 Å². The van der Waals surface area contributed by atoms with E-state index in [1.165, 1.54) is 19.2 Å². The van der Waals surface area contributed by atoms with Crippen molar-refractivity contribution in [2.45, 2.75) is 41.8 Å². The molecular formula is C26H23F3N4O3S2. The van der Waals surface area contributed by atoms with Gasteiger partial charge in [0.2, 0.25) is 0 Å². The molecule has 0 saturated carbocycles. The van der Waals surface area contributed by atoms with Crippen molar-refractivity contribution in [1.82, 2.24) is 19.7 Å². The summed E-state index contributed by atoms with van der Waals surface area (Å²) in [5.74, 6) is -3.37. The van der Waals surface area contributed by atoms with Crippen LogP contribution in [-0.4, -0.2) is 49.6 Å². The molecule has 7 nitrogen and oxygen atoms in total. The van der Waals surface area contributed by atoms with Crippen LogP contribution < -0.4 is 0 Å². The SMILES string of the molecule is COC(=O)c1c(C)[nH]c(C(=O)[C@H](C)Sc2nnc(-c3ccc(F)cc3)n2-c2ccc(SC(F)F)cc2)c1C. The lowest BCUT2D eigenvalue weighted by atomic mass is 10.1. The van der Waals surface area contributed by atoms with Crippen LogP contribution in [0, 0.1) is 19.7 Å². The summed E-state index contributed by atoms with van der Waals surface area (Å²) in [4.78, 5) is 28.9. The van der Waals surface area contributed by atoms with E-state index < -0.39 is 22.8 Å². The number of aryl methyl sites for hydroxylation is 1. The fourth-order valence-electron chi connectivity index (χ4n) is 3.96. The molecule has 12 heteroatoms. The number of aromatic nitrogens is 4. The van der Waals surface area contributed by atoms with E-state index in [0.717, 1.165) is 11.8 Å². The minimum Gasteiger partial charge on any atom is -0.465 e. The first-order valence-corrected chi connectivity index (χ1v) is 13.1. The Hall–Kier alpha value is -3.51. The monoisotopic (exact) mass is 560 g/mol. The van der Waals surface area contributed by atoms with Gasteiger partial charge in [-0.1, -0.05) is 23.5 Å². The third kappa shape index (κ3) is 5.65. The van der Waals surface area contributed by atoms with E-state index in [-0.39, 0.29) is 5.78 Å². The molecule has 0 aliphatic rings. The van der Waals surface area contributed by atoms with E-state index in [4.69, 9.17) is 4.74 Å². The van der Waals surface area contributed by atoms with Crippen LogP contribution in [0.1, 0.15) is 39.0 Å². The molecule has 0 spiro atoms. The number of hydrogen-bond donors (Lipinski definition) is 1. The summed E-state index contributed by atoms with van der Waals surface area (Å²) in [6.07, 6.45) is 0. The number of alkyl halides is 2. The molecule has 2 aromatic carbocycles. The summed E-state index contributed by atoms with van der Waals surface area (Å²) in [5.41, 5.74) is 2.78. The van der Waals surface area contributed by atoms with Gasteiger partial charge in [-0.3, -0.25) is 9.36 Å². The van der Waals surface area contributed by atoms with E-state index >= 15 is 0 Å². The van der Waals surface area contributed by atoms with Crippen molar-refractivity contribution in [3.8, 4) is 17.1 Å². The van der Waals surface area contributed by atoms with Gasteiger partial charge in [-0.05, 0) is 74.9 Å². The van der Waals surface area contributed by atoms with Crippen LogP contribution in [0.4, 0.5) is 13.2 Å². The first-order valence-electron chi connectivity index (χ1n) is 11.4. The molecule has 1 N–H and O–H groups in total. The van der Waals surface area contributed by atoms with Gasteiger partial charge in [0.05, 0.1) is 23.6 Å². The highest BCUT2D eigenvalue weighted by Gasteiger charge is 2.28. The Morgan fingerprint density at radius 2 is 1.66 bits per heavy atom. The molecule has 1 atom stereocenters. The predicted molar refractivity (Wildman–Crippen MR) is 140 cm³/mol. The highest BCUT2D eigenvalue weighted by Crippen LogP contribution is 2.33. The Labute approximate surface area is 225 Å². The van der Waals surface area contributed by atoms with Crippen molar-refractivity contribution >= 4 is 35.3 Å². The number of thioether (sulfide) groups is 2. The number of ketones is 1. The molecule has 0 unspecified atom stereocenters. The first kappa shape index (κ1) is 27.5. The van der Waals surface area contributed by atoms with E-state index in [0.29, 0.717) is 61.4 Å². The van der Waals surface area contributed by atoms with Crippen LogP contribution in [0.25, 0.3) is 17.1 Å². The van der Waals surface area contributed by atoms with Gasteiger partial charge in [0.15, 0.2) is 16.8 Å². The zero-order chi connectivity index (χ0) is 27.6. The Kier molecular flexibility index (Phi) is 8.32. The molecule has 0 aliphatic heterocycles. The fourth-order valence-corrected chi connectivity index (χ4v) is 5.39. The zero-order valence-electron chi connectivity index (χ0n) is 20.8. The Balaban J connectivity index is 1.71. The summed E-state index contributed by atoms with van der Waals surface area (Å²) in [6.45, 7) is 5.07. The molecule has 0 fully saturated rings. The Morgan fingerprint density at radius 1 is 1.00 bits per heavy atom. The van der Waals surface area contributed by atoms with Crippen LogP contribution in [-0.2, 0) is 4.74 Å². The number of nitrogens with zero attached hydrogens (tertiary/aromatic N) is 3. The molecule has 4 aromatic rings. The summed E-state index contributed by atoms with van der Waals surface area (Å²) < 4.78 is 45.7. The van der Waals surface area contributed by atoms with Gasteiger partial charge in [0.25, 0.3) is 5.76 Å². The number of hydrogen-bond acceptors (Lipinski definition) is 7.